The summed E-state index contributed by atoms with van der Waals surface area (Å²) in [4.78, 5) is 11.7. The molecule has 23 heavy (non-hydrogen) atoms. The number of hydrogen-bond acceptors (Lipinski definition) is 3. The van der Waals surface area contributed by atoms with Gasteiger partial charge in [-0.1, -0.05) is 19.1 Å². The maximum atomic E-state index is 11.7. The first-order valence-electron chi connectivity index (χ1n) is 8.90. The molecule has 0 N–H and O–H groups in total. The van der Waals surface area contributed by atoms with Crippen LogP contribution in [0, 0.1) is 17.3 Å². The fourth-order valence-electron chi connectivity index (χ4n) is 5.39. The van der Waals surface area contributed by atoms with Crippen LogP contribution in [0.3, 0.4) is 0 Å². The number of carbonyl (C=O) groups excluding carboxylic acids is 1. The minimum atomic E-state index is 0.124. The molecule has 0 spiro atoms. The molecule has 0 bridgehead atoms. The monoisotopic (exact) mass is 314 g/mol. The maximum Gasteiger partial charge on any atom is 0.156 e. The van der Waals surface area contributed by atoms with Crippen LogP contribution in [0.5, 0.6) is 0 Å². The highest BCUT2D eigenvalue weighted by Gasteiger charge is 2.52. The highest BCUT2D eigenvalue weighted by atomic mass is 16.7. The Balaban J connectivity index is 1.69. The molecular formula is C20H26O3. The van der Waals surface area contributed by atoms with Crippen LogP contribution in [0.1, 0.15) is 45.4 Å². The first-order valence-corrected chi connectivity index (χ1v) is 8.90. The average molecular weight is 314 g/mol. The van der Waals surface area contributed by atoms with Gasteiger partial charge < -0.3 is 9.47 Å². The van der Waals surface area contributed by atoms with Gasteiger partial charge in [0.2, 0.25) is 0 Å². The molecular weight excluding hydrogens is 288 g/mol. The predicted molar refractivity (Wildman–Crippen MR) is 88.8 cm³/mol. The molecule has 0 saturated heterocycles. The molecule has 0 aliphatic heterocycles. The SMILES string of the molecule is COCOC1CC[C@H]2[C@@H]3CCC4=CC(=O)CCC4=C3C=C[C@]12C. The zero-order chi connectivity index (χ0) is 16.0. The quantitative estimate of drug-likeness (QED) is 0.740. The predicted octanol–water partition coefficient (Wildman–Crippen LogP) is 3.96. The minimum Gasteiger partial charge on any atom is -0.359 e. The number of carbonyl (C=O) groups is 1. The lowest BCUT2D eigenvalue weighted by Gasteiger charge is -2.45. The van der Waals surface area contributed by atoms with Crippen LogP contribution in [0.25, 0.3) is 0 Å². The average Bonchev–Trinajstić information content (AvgIpc) is 2.89. The highest BCUT2D eigenvalue weighted by Crippen LogP contribution is 2.57. The normalized spacial score (nSPS) is 39.0. The van der Waals surface area contributed by atoms with Crippen molar-refractivity contribution < 1.29 is 14.3 Å². The summed E-state index contributed by atoms with van der Waals surface area (Å²) in [7, 11) is 1.69. The first kappa shape index (κ1) is 15.3. The van der Waals surface area contributed by atoms with E-state index in [2.05, 4.69) is 19.1 Å². The third-order valence-electron chi connectivity index (χ3n) is 6.54. The van der Waals surface area contributed by atoms with Gasteiger partial charge >= 0.3 is 0 Å². The maximum absolute atomic E-state index is 11.7. The summed E-state index contributed by atoms with van der Waals surface area (Å²) in [5.41, 5.74) is 4.43. The van der Waals surface area contributed by atoms with Gasteiger partial charge in [-0.2, -0.15) is 0 Å². The van der Waals surface area contributed by atoms with Gasteiger partial charge in [-0.05, 0) is 66.7 Å². The van der Waals surface area contributed by atoms with Gasteiger partial charge in [-0.25, -0.2) is 0 Å². The summed E-state index contributed by atoms with van der Waals surface area (Å²) in [5, 5.41) is 0. The van der Waals surface area contributed by atoms with Crippen LogP contribution < -0.4 is 0 Å². The van der Waals surface area contributed by atoms with E-state index in [9.17, 15) is 4.79 Å². The molecule has 0 aromatic heterocycles. The van der Waals surface area contributed by atoms with Crippen LogP contribution in [-0.2, 0) is 14.3 Å². The van der Waals surface area contributed by atoms with Gasteiger partial charge in [-0.3, -0.25) is 4.79 Å². The summed E-state index contributed by atoms with van der Waals surface area (Å²) in [6, 6.07) is 0. The number of methoxy groups -OCH3 is 1. The van der Waals surface area contributed by atoms with Crippen LogP contribution >= 0.6 is 0 Å². The van der Waals surface area contributed by atoms with E-state index in [0.717, 1.165) is 19.3 Å². The molecule has 0 aromatic rings. The van der Waals surface area contributed by atoms with Gasteiger partial charge in [0, 0.05) is 18.9 Å². The molecule has 4 aliphatic carbocycles. The van der Waals surface area contributed by atoms with E-state index in [0.29, 0.717) is 30.8 Å². The van der Waals surface area contributed by atoms with Crippen molar-refractivity contribution in [2.45, 2.75) is 51.6 Å². The van der Waals surface area contributed by atoms with Crippen LogP contribution in [0.4, 0.5) is 0 Å². The Hall–Kier alpha value is -1.19. The van der Waals surface area contributed by atoms with Crippen LogP contribution in [-0.4, -0.2) is 25.8 Å². The van der Waals surface area contributed by atoms with E-state index in [1.54, 1.807) is 7.11 Å². The number of allylic oxidation sites excluding steroid dienone is 5. The second-order valence-electron chi connectivity index (χ2n) is 7.66. The Kier molecular flexibility index (Phi) is 3.81. The minimum absolute atomic E-state index is 0.124. The zero-order valence-electron chi connectivity index (χ0n) is 14.1. The smallest absolute Gasteiger partial charge is 0.156 e. The topological polar surface area (TPSA) is 35.5 Å². The summed E-state index contributed by atoms with van der Waals surface area (Å²) in [5.74, 6) is 1.61. The Labute approximate surface area is 138 Å². The van der Waals surface area contributed by atoms with Crippen LogP contribution in [0.2, 0.25) is 0 Å². The van der Waals surface area contributed by atoms with Crippen molar-refractivity contribution in [3.63, 3.8) is 0 Å². The van der Waals surface area contributed by atoms with Crippen molar-refractivity contribution in [2.24, 2.45) is 17.3 Å². The molecule has 1 fully saturated rings. The van der Waals surface area contributed by atoms with Crippen molar-refractivity contribution in [1.29, 1.82) is 0 Å². The van der Waals surface area contributed by atoms with E-state index in [-0.39, 0.29) is 11.5 Å². The van der Waals surface area contributed by atoms with Gasteiger partial charge in [0.1, 0.15) is 6.79 Å². The van der Waals surface area contributed by atoms with Gasteiger partial charge in [0.25, 0.3) is 0 Å². The molecule has 3 nitrogen and oxygen atoms in total. The third-order valence-corrected chi connectivity index (χ3v) is 6.54. The molecule has 3 heteroatoms. The number of hydrogen-bond donors (Lipinski definition) is 0. The van der Waals surface area contributed by atoms with Crippen molar-refractivity contribution in [3.8, 4) is 0 Å². The van der Waals surface area contributed by atoms with Crippen molar-refractivity contribution in [1.82, 2.24) is 0 Å². The Morgan fingerprint density at radius 1 is 1.22 bits per heavy atom. The molecule has 0 heterocycles. The van der Waals surface area contributed by atoms with E-state index in [4.69, 9.17) is 9.47 Å². The van der Waals surface area contributed by atoms with Crippen LogP contribution in [0.15, 0.2) is 34.9 Å². The summed E-state index contributed by atoms with van der Waals surface area (Å²) >= 11 is 0. The van der Waals surface area contributed by atoms with Gasteiger partial charge in [0.15, 0.2) is 5.78 Å². The lowest BCUT2D eigenvalue weighted by Crippen LogP contribution is -2.40. The van der Waals surface area contributed by atoms with Gasteiger partial charge in [0.05, 0.1) is 6.10 Å². The van der Waals surface area contributed by atoms with Gasteiger partial charge in [-0.15, -0.1) is 0 Å². The first-order chi connectivity index (χ1) is 11.1. The highest BCUT2D eigenvalue weighted by molar-refractivity contribution is 5.93. The summed E-state index contributed by atoms with van der Waals surface area (Å²) in [6.07, 6.45) is 13.1. The lowest BCUT2D eigenvalue weighted by molar-refractivity contribution is -0.114. The summed E-state index contributed by atoms with van der Waals surface area (Å²) in [6.45, 7) is 2.74. The molecule has 4 rings (SSSR count). The van der Waals surface area contributed by atoms with E-state index < -0.39 is 0 Å². The molecule has 4 atom stereocenters. The van der Waals surface area contributed by atoms with Crippen molar-refractivity contribution >= 4 is 5.78 Å². The lowest BCUT2D eigenvalue weighted by atomic mass is 9.60. The molecule has 1 saturated carbocycles. The standard InChI is InChI=1S/C20H26O3/c1-20-10-9-16-15-6-4-14(21)11-13(15)3-5-17(16)18(20)7-8-19(20)23-12-22-2/h9-11,17-19H,3-8,12H2,1-2H3/t17-,18+,19?,20+/m1/s1. The Bertz CT molecular complexity index is 612. The molecule has 0 radical (unpaired) electrons. The number of ether oxygens (including phenoxy) is 2. The number of rotatable bonds is 3. The van der Waals surface area contributed by atoms with Crippen molar-refractivity contribution in [3.05, 3.63) is 34.9 Å². The Morgan fingerprint density at radius 3 is 2.91 bits per heavy atom. The van der Waals surface area contributed by atoms with E-state index in [1.807, 2.05) is 6.08 Å². The molecule has 4 aliphatic rings. The third kappa shape index (κ3) is 2.36. The largest absolute Gasteiger partial charge is 0.359 e. The second-order valence-corrected chi connectivity index (χ2v) is 7.66. The Morgan fingerprint density at radius 2 is 2.09 bits per heavy atom. The molecule has 0 amide bonds. The fourth-order valence-corrected chi connectivity index (χ4v) is 5.39. The number of ketones is 1. The zero-order valence-corrected chi connectivity index (χ0v) is 14.1. The van der Waals surface area contributed by atoms with Crippen molar-refractivity contribution in [2.75, 3.05) is 13.9 Å². The molecule has 0 aromatic carbocycles. The molecule has 1 unspecified atom stereocenters. The van der Waals surface area contributed by atoms with E-state index >= 15 is 0 Å². The number of fused-ring (bicyclic) bond motifs is 4. The fraction of sp³-hybridized carbons (Fsp3) is 0.650. The molecule has 124 valence electrons. The second kappa shape index (κ2) is 5.71. The summed E-state index contributed by atoms with van der Waals surface area (Å²) < 4.78 is 11.1. The van der Waals surface area contributed by atoms with E-state index in [1.165, 1.54) is 29.6 Å².